The van der Waals surface area contributed by atoms with E-state index in [-0.39, 0.29) is 12.5 Å². The number of rotatable bonds is 12. The summed E-state index contributed by atoms with van der Waals surface area (Å²) in [5.41, 5.74) is 2.11. The molecule has 1 aliphatic rings. The SMILES string of the molecule is COCCOc1cc(C)ccc1CN=C(NCCCN1CCOCC1)NCC(=O)N(C)C. The summed E-state index contributed by atoms with van der Waals surface area (Å²) in [5.74, 6) is 1.42. The first-order valence-corrected chi connectivity index (χ1v) is 11.2. The second kappa shape index (κ2) is 14.7. The number of aliphatic imine (C=N–C) groups is 1. The van der Waals surface area contributed by atoms with Gasteiger partial charge in [0, 0.05) is 46.4 Å². The van der Waals surface area contributed by atoms with Gasteiger partial charge in [-0.15, -0.1) is 0 Å². The second-order valence-corrected chi connectivity index (χ2v) is 7.99. The number of likely N-dealkylation sites (N-methyl/N-ethyl adjacent to an activating group) is 1. The van der Waals surface area contributed by atoms with Crippen LogP contribution in [0.3, 0.4) is 0 Å². The van der Waals surface area contributed by atoms with E-state index in [1.165, 1.54) is 0 Å². The number of benzene rings is 1. The highest BCUT2D eigenvalue weighted by Gasteiger charge is 2.11. The van der Waals surface area contributed by atoms with Crippen LogP contribution in [-0.2, 0) is 20.8 Å². The van der Waals surface area contributed by atoms with E-state index in [0.717, 1.165) is 62.7 Å². The minimum absolute atomic E-state index is 0.00765. The summed E-state index contributed by atoms with van der Waals surface area (Å²) in [6, 6.07) is 6.09. The molecule has 0 aliphatic carbocycles. The first-order chi connectivity index (χ1) is 15.5. The Bertz CT molecular complexity index is 720. The van der Waals surface area contributed by atoms with Gasteiger partial charge in [-0.25, -0.2) is 4.99 Å². The number of methoxy groups -OCH3 is 1. The maximum atomic E-state index is 12.0. The van der Waals surface area contributed by atoms with Crippen LogP contribution in [-0.4, -0.2) is 102 Å². The molecule has 0 bridgehead atoms. The largest absolute Gasteiger partial charge is 0.491 e. The highest BCUT2D eigenvalue weighted by atomic mass is 16.5. The molecule has 1 amide bonds. The number of amides is 1. The zero-order valence-corrected chi connectivity index (χ0v) is 20.0. The maximum absolute atomic E-state index is 12.0. The number of nitrogens with one attached hydrogen (secondary N) is 2. The van der Waals surface area contributed by atoms with Gasteiger partial charge in [-0.3, -0.25) is 9.69 Å². The standard InChI is InChI=1S/C23H39N5O4/c1-19-6-7-20(21(16-19)32-15-14-30-4)17-25-23(26-18-22(29)27(2)3)24-8-5-9-28-10-12-31-13-11-28/h6-7,16H,5,8-15,17-18H2,1-4H3,(H2,24,25,26). The van der Waals surface area contributed by atoms with Crippen molar-refractivity contribution in [3.63, 3.8) is 0 Å². The smallest absolute Gasteiger partial charge is 0.241 e. The number of aryl methyl sites for hydroxylation is 1. The van der Waals surface area contributed by atoms with Crippen LogP contribution in [0.1, 0.15) is 17.5 Å². The number of guanidine groups is 1. The van der Waals surface area contributed by atoms with Crippen molar-refractivity contribution in [3.8, 4) is 5.75 Å². The van der Waals surface area contributed by atoms with Gasteiger partial charge < -0.3 is 29.7 Å². The quantitative estimate of drug-likeness (QED) is 0.278. The molecule has 0 atom stereocenters. The minimum Gasteiger partial charge on any atom is -0.491 e. The molecule has 0 radical (unpaired) electrons. The molecule has 1 aromatic rings. The van der Waals surface area contributed by atoms with E-state index in [0.29, 0.717) is 25.7 Å². The maximum Gasteiger partial charge on any atom is 0.241 e. The van der Waals surface area contributed by atoms with Gasteiger partial charge in [0.1, 0.15) is 12.4 Å². The highest BCUT2D eigenvalue weighted by Crippen LogP contribution is 2.21. The van der Waals surface area contributed by atoms with E-state index >= 15 is 0 Å². The molecule has 9 heteroatoms. The summed E-state index contributed by atoms with van der Waals surface area (Å²) in [6.45, 7) is 9.03. The van der Waals surface area contributed by atoms with Gasteiger partial charge in [-0.1, -0.05) is 12.1 Å². The van der Waals surface area contributed by atoms with Gasteiger partial charge in [-0.05, 0) is 31.5 Å². The molecule has 32 heavy (non-hydrogen) atoms. The third kappa shape index (κ3) is 9.84. The first kappa shape index (κ1) is 25.9. The second-order valence-electron chi connectivity index (χ2n) is 7.99. The van der Waals surface area contributed by atoms with Crippen molar-refractivity contribution in [1.82, 2.24) is 20.4 Å². The third-order valence-corrected chi connectivity index (χ3v) is 5.13. The molecule has 1 aliphatic heterocycles. The normalized spacial score (nSPS) is 14.8. The number of hydrogen-bond donors (Lipinski definition) is 2. The van der Waals surface area contributed by atoms with Crippen molar-refractivity contribution in [3.05, 3.63) is 29.3 Å². The van der Waals surface area contributed by atoms with Crippen molar-refractivity contribution in [2.24, 2.45) is 4.99 Å². The molecule has 0 spiro atoms. The van der Waals surface area contributed by atoms with Crippen LogP contribution < -0.4 is 15.4 Å². The van der Waals surface area contributed by atoms with Crippen LogP contribution in [0.25, 0.3) is 0 Å². The van der Waals surface area contributed by atoms with Gasteiger partial charge >= 0.3 is 0 Å². The Morgan fingerprint density at radius 1 is 1.22 bits per heavy atom. The van der Waals surface area contributed by atoms with Crippen molar-refractivity contribution in [1.29, 1.82) is 0 Å². The molecular weight excluding hydrogens is 410 g/mol. The zero-order valence-electron chi connectivity index (χ0n) is 20.0. The van der Waals surface area contributed by atoms with Gasteiger partial charge in [0.25, 0.3) is 0 Å². The number of carbonyl (C=O) groups excluding carboxylic acids is 1. The van der Waals surface area contributed by atoms with E-state index in [4.69, 9.17) is 19.2 Å². The molecule has 1 saturated heterocycles. The summed E-state index contributed by atoms with van der Waals surface area (Å²) in [4.78, 5) is 20.7. The van der Waals surface area contributed by atoms with E-state index < -0.39 is 0 Å². The molecule has 9 nitrogen and oxygen atoms in total. The number of morpholine rings is 1. The third-order valence-electron chi connectivity index (χ3n) is 5.13. The predicted molar refractivity (Wildman–Crippen MR) is 126 cm³/mol. The van der Waals surface area contributed by atoms with Gasteiger partial charge in [0.2, 0.25) is 5.91 Å². The van der Waals surface area contributed by atoms with Crippen LogP contribution in [0, 0.1) is 6.92 Å². The topological polar surface area (TPSA) is 87.7 Å². The Hall–Kier alpha value is -2.36. The van der Waals surface area contributed by atoms with Gasteiger partial charge in [0.15, 0.2) is 5.96 Å². The van der Waals surface area contributed by atoms with E-state index in [9.17, 15) is 4.79 Å². The van der Waals surface area contributed by atoms with Gasteiger partial charge in [0.05, 0.1) is 32.9 Å². The van der Waals surface area contributed by atoms with E-state index in [1.54, 1.807) is 26.1 Å². The number of hydrogen-bond acceptors (Lipinski definition) is 6. The lowest BCUT2D eigenvalue weighted by molar-refractivity contribution is -0.127. The van der Waals surface area contributed by atoms with Crippen molar-refractivity contribution >= 4 is 11.9 Å². The highest BCUT2D eigenvalue weighted by molar-refractivity contribution is 5.86. The van der Waals surface area contributed by atoms with Crippen LogP contribution in [0.4, 0.5) is 0 Å². The number of nitrogens with zero attached hydrogens (tertiary/aromatic N) is 3. The Morgan fingerprint density at radius 3 is 2.72 bits per heavy atom. The first-order valence-electron chi connectivity index (χ1n) is 11.2. The summed E-state index contributed by atoms with van der Waals surface area (Å²) >= 11 is 0. The average Bonchev–Trinajstić information content (AvgIpc) is 2.79. The lowest BCUT2D eigenvalue weighted by Crippen LogP contribution is -2.44. The lowest BCUT2D eigenvalue weighted by atomic mass is 10.1. The minimum atomic E-state index is -0.00765. The number of ether oxygens (including phenoxy) is 3. The molecule has 0 aromatic heterocycles. The monoisotopic (exact) mass is 449 g/mol. The van der Waals surface area contributed by atoms with E-state index in [2.05, 4.69) is 15.5 Å². The predicted octanol–water partition coefficient (Wildman–Crippen LogP) is 0.866. The molecule has 180 valence electrons. The molecule has 1 heterocycles. The van der Waals surface area contributed by atoms with E-state index in [1.807, 2.05) is 25.1 Å². The summed E-state index contributed by atoms with van der Waals surface area (Å²) in [5, 5.41) is 6.50. The Kier molecular flexibility index (Phi) is 11.9. The zero-order chi connectivity index (χ0) is 23.2. The molecular formula is C23H39N5O4. The Morgan fingerprint density at radius 2 is 2.00 bits per heavy atom. The molecule has 0 saturated carbocycles. The fourth-order valence-electron chi connectivity index (χ4n) is 3.15. The van der Waals surface area contributed by atoms with Crippen LogP contribution in [0.2, 0.25) is 0 Å². The van der Waals surface area contributed by atoms with Crippen LogP contribution >= 0.6 is 0 Å². The molecule has 1 fully saturated rings. The van der Waals surface area contributed by atoms with Crippen molar-refractivity contribution < 1.29 is 19.0 Å². The van der Waals surface area contributed by atoms with Crippen LogP contribution in [0.5, 0.6) is 5.75 Å². The molecule has 2 rings (SSSR count). The Labute approximate surface area is 192 Å². The summed E-state index contributed by atoms with van der Waals surface area (Å²) in [6.07, 6.45) is 0.984. The fraction of sp³-hybridized carbons (Fsp3) is 0.652. The lowest BCUT2D eigenvalue weighted by Gasteiger charge is -2.26. The van der Waals surface area contributed by atoms with Crippen LogP contribution in [0.15, 0.2) is 23.2 Å². The summed E-state index contributed by atoms with van der Waals surface area (Å²) in [7, 11) is 5.14. The molecule has 0 unspecified atom stereocenters. The molecule has 1 aromatic carbocycles. The van der Waals surface area contributed by atoms with Crippen molar-refractivity contribution in [2.75, 3.05) is 80.4 Å². The molecule has 2 N–H and O–H groups in total. The number of carbonyl (C=O) groups is 1. The Balaban J connectivity index is 1.96. The average molecular weight is 450 g/mol. The van der Waals surface area contributed by atoms with Gasteiger partial charge in [-0.2, -0.15) is 0 Å². The fourth-order valence-corrected chi connectivity index (χ4v) is 3.15. The van der Waals surface area contributed by atoms with Crippen molar-refractivity contribution in [2.45, 2.75) is 19.9 Å². The summed E-state index contributed by atoms with van der Waals surface area (Å²) < 4.78 is 16.4.